The Morgan fingerprint density at radius 2 is 1.48 bits per heavy atom. The van der Waals surface area contributed by atoms with Crippen LogP contribution in [0.4, 0.5) is 26.3 Å². The number of hydrogen-bond acceptors (Lipinski definition) is 9. The molecule has 0 spiro atoms. The number of aromatic nitrogens is 4. The fourth-order valence-corrected chi connectivity index (χ4v) is 1.49. The van der Waals surface area contributed by atoms with Crippen LogP contribution in [0.25, 0.3) is 11.4 Å². The molecule has 182 valence electrons. The molecule has 0 aliphatic carbocycles. The predicted octanol–water partition coefficient (Wildman–Crippen LogP) is -1.77. The minimum Gasteiger partial charge on any atom is -0.542 e. The molecule has 33 heavy (non-hydrogen) atoms. The summed E-state index contributed by atoms with van der Waals surface area (Å²) in [7, 11) is 0. The summed E-state index contributed by atoms with van der Waals surface area (Å²) in [6, 6.07) is 2.70. The summed E-state index contributed by atoms with van der Waals surface area (Å²) in [5, 5.41) is 30.4. The number of rotatable bonds is 5. The van der Waals surface area contributed by atoms with Gasteiger partial charge in [0.15, 0.2) is 18.6 Å². The molecular weight excluding hydrogens is 472 g/mol. The number of hydrogen-bond donors (Lipinski definition) is 2. The van der Waals surface area contributed by atoms with Crippen molar-refractivity contribution in [3.63, 3.8) is 0 Å². The molecule has 0 amide bonds. The van der Waals surface area contributed by atoms with Crippen molar-refractivity contribution < 1.29 is 60.7 Å². The molecule has 0 aliphatic rings. The number of nitrogens with zero attached hydrogens (tertiary/aromatic N) is 4. The van der Waals surface area contributed by atoms with E-state index < -0.39 is 36.3 Å². The highest BCUT2D eigenvalue weighted by Crippen LogP contribution is 2.12. The van der Waals surface area contributed by atoms with Crippen molar-refractivity contribution in [3.8, 4) is 11.4 Å². The third-order valence-electron chi connectivity index (χ3n) is 3.04. The molecule has 11 nitrogen and oxygen atoms in total. The highest BCUT2D eigenvalue weighted by molar-refractivity contribution is 5.73. The van der Waals surface area contributed by atoms with Crippen molar-refractivity contribution in [3.05, 3.63) is 36.9 Å². The first-order valence-electron chi connectivity index (χ1n) is 8.23. The molecule has 0 fully saturated rings. The van der Waals surface area contributed by atoms with Crippen LogP contribution in [0.1, 0.15) is 6.42 Å². The van der Waals surface area contributed by atoms with E-state index in [1.807, 2.05) is 6.07 Å². The number of alkyl halides is 6. The normalized spacial score (nSPS) is 11.7. The molecule has 2 heterocycles. The lowest BCUT2D eigenvalue weighted by Crippen LogP contribution is -2.42. The van der Waals surface area contributed by atoms with Crippen molar-refractivity contribution in [2.75, 3.05) is 0 Å². The number of nitrogens with two attached hydrogens (primary N) is 1. The topological polar surface area (TPSA) is 186 Å². The molecule has 2 aromatic rings. The number of aryl methyl sites for hydroxylation is 1. The van der Waals surface area contributed by atoms with E-state index in [0.717, 1.165) is 5.56 Å². The fraction of sp³-hybridized carbons (Fsp3) is 0.312. The average Bonchev–Trinajstić information content (AvgIpc) is 2.72. The zero-order valence-electron chi connectivity index (χ0n) is 16.1. The van der Waals surface area contributed by atoms with E-state index in [1.165, 1.54) is 0 Å². The van der Waals surface area contributed by atoms with Crippen molar-refractivity contribution >= 4 is 17.9 Å². The van der Waals surface area contributed by atoms with Crippen molar-refractivity contribution in [2.45, 2.75) is 31.4 Å². The summed E-state index contributed by atoms with van der Waals surface area (Å²) in [5.74, 6) is -6.42. The minimum atomic E-state index is -5.19. The van der Waals surface area contributed by atoms with Crippen LogP contribution in [0.5, 0.6) is 0 Å². The Hall–Kier alpha value is -3.89. The quantitative estimate of drug-likeness (QED) is 0.362. The van der Waals surface area contributed by atoms with Crippen LogP contribution >= 0.6 is 0 Å². The van der Waals surface area contributed by atoms with Gasteiger partial charge in [-0.1, -0.05) is 4.68 Å². The third-order valence-corrected chi connectivity index (χ3v) is 3.04. The first-order chi connectivity index (χ1) is 15.1. The number of aliphatic carboxylic acids is 3. The predicted molar refractivity (Wildman–Crippen MR) is 87.8 cm³/mol. The summed E-state index contributed by atoms with van der Waals surface area (Å²) in [6.45, 7) is 0.448. The second-order valence-corrected chi connectivity index (χ2v) is 5.55. The van der Waals surface area contributed by atoms with E-state index in [4.69, 9.17) is 30.6 Å². The van der Waals surface area contributed by atoms with Crippen LogP contribution in [0.2, 0.25) is 0 Å². The summed E-state index contributed by atoms with van der Waals surface area (Å²) in [6.07, 6.45) is -3.35. The number of carbonyl (C=O) groups excluding carboxylic acids is 2. The van der Waals surface area contributed by atoms with E-state index in [0.29, 0.717) is 18.8 Å². The van der Waals surface area contributed by atoms with Gasteiger partial charge in [-0.2, -0.15) is 26.3 Å². The van der Waals surface area contributed by atoms with Crippen LogP contribution in [-0.4, -0.2) is 56.5 Å². The molecule has 0 aliphatic heterocycles. The van der Waals surface area contributed by atoms with Crippen LogP contribution in [-0.2, 0) is 20.9 Å². The molecular formula is C16H14F6N5O6-. The lowest BCUT2D eigenvalue weighted by molar-refractivity contribution is -0.754. The van der Waals surface area contributed by atoms with E-state index in [1.54, 1.807) is 35.5 Å². The van der Waals surface area contributed by atoms with Crippen molar-refractivity contribution in [2.24, 2.45) is 5.73 Å². The van der Waals surface area contributed by atoms with Gasteiger partial charge in [-0.05, 0) is 11.2 Å². The smallest absolute Gasteiger partial charge is 0.430 e. The SMILES string of the molecule is N[C@@H](CC[n+]1ccc(-c2ncccn2)cn1)C(=O)O.O=C([O-])C(F)(F)F.O=C([O-])C(F)(F)F. The Bertz CT molecular complexity index is 885. The third kappa shape index (κ3) is 12.5. The van der Waals surface area contributed by atoms with Gasteiger partial charge in [0.25, 0.3) is 0 Å². The summed E-state index contributed by atoms with van der Waals surface area (Å²) in [5.41, 5.74) is 6.23. The monoisotopic (exact) mass is 486 g/mol. The number of carbonyl (C=O) groups is 3. The van der Waals surface area contributed by atoms with Crippen LogP contribution in [0.15, 0.2) is 36.9 Å². The highest BCUT2D eigenvalue weighted by atomic mass is 19.4. The van der Waals surface area contributed by atoms with Gasteiger partial charge in [0.05, 0.1) is 0 Å². The molecule has 3 N–H and O–H groups in total. The Morgan fingerprint density at radius 3 is 1.82 bits per heavy atom. The van der Waals surface area contributed by atoms with Gasteiger partial charge in [0.2, 0.25) is 0 Å². The van der Waals surface area contributed by atoms with Gasteiger partial charge in [0.1, 0.15) is 24.2 Å². The zero-order valence-corrected chi connectivity index (χ0v) is 16.1. The van der Waals surface area contributed by atoms with Crippen molar-refractivity contribution in [1.82, 2.24) is 15.1 Å². The number of carboxylic acid groups (broad SMARTS) is 3. The first kappa shape index (κ1) is 29.1. The average molecular weight is 486 g/mol. The molecule has 0 bridgehead atoms. The van der Waals surface area contributed by atoms with E-state index in [-0.39, 0.29) is 0 Å². The van der Waals surface area contributed by atoms with E-state index in [2.05, 4.69) is 15.1 Å². The van der Waals surface area contributed by atoms with Crippen LogP contribution < -0.4 is 20.6 Å². The molecule has 0 radical (unpaired) electrons. The Morgan fingerprint density at radius 1 is 1.03 bits per heavy atom. The minimum absolute atomic E-state index is 0.328. The number of halogens is 6. The highest BCUT2D eigenvalue weighted by Gasteiger charge is 2.29. The Kier molecular flexibility index (Phi) is 11.3. The largest absolute Gasteiger partial charge is 0.542 e. The van der Waals surface area contributed by atoms with E-state index in [9.17, 15) is 31.1 Å². The standard InChI is InChI=1S/C12H13N5O2.2C2HF3O2/c13-10(12(18)19)3-7-17-6-2-9(8-16-17)11-14-4-1-5-15-11;2*3-2(4,5)1(6)7/h1-2,4-6,8,10H,3,7,13H2;2*(H,6,7)/p-1/t10-;;/m0../s1. The maximum Gasteiger partial charge on any atom is 0.430 e. The van der Waals surface area contributed by atoms with Gasteiger partial charge in [-0.25, -0.2) is 9.97 Å². The lowest BCUT2D eigenvalue weighted by Gasteiger charge is -2.03. The van der Waals surface area contributed by atoms with Crippen molar-refractivity contribution in [1.29, 1.82) is 0 Å². The number of carboxylic acids is 3. The molecule has 0 aromatic carbocycles. The summed E-state index contributed by atoms with van der Waals surface area (Å²) in [4.78, 5) is 36.4. The van der Waals surface area contributed by atoms with Crippen LogP contribution in [0.3, 0.4) is 0 Å². The molecule has 2 rings (SSSR count). The van der Waals surface area contributed by atoms with E-state index >= 15 is 0 Å². The van der Waals surface area contributed by atoms with Gasteiger partial charge in [-0.15, -0.1) is 0 Å². The molecule has 1 atom stereocenters. The maximum absolute atomic E-state index is 10.6. The second-order valence-electron chi connectivity index (χ2n) is 5.55. The summed E-state index contributed by atoms with van der Waals surface area (Å²) < 4.78 is 64.7. The van der Waals surface area contributed by atoms with Crippen LogP contribution in [0, 0.1) is 0 Å². The molecule has 17 heteroatoms. The Balaban J connectivity index is 0.000000605. The first-order valence-corrected chi connectivity index (χ1v) is 8.23. The molecule has 2 aromatic heterocycles. The molecule has 0 saturated carbocycles. The second kappa shape index (κ2) is 12.8. The fourth-order valence-electron chi connectivity index (χ4n) is 1.49. The van der Waals surface area contributed by atoms with Gasteiger partial charge in [0, 0.05) is 30.4 Å². The summed E-state index contributed by atoms with van der Waals surface area (Å²) >= 11 is 0. The lowest BCUT2D eigenvalue weighted by atomic mass is 10.2. The zero-order chi connectivity index (χ0) is 25.8. The van der Waals surface area contributed by atoms with Gasteiger partial charge >= 0.3 is 18.3 Å². The maximum atomic E-state index is 10.6. The molecule has 0 unspecified atom stereocenters. The van der Waals surface area contributed by atoms with Gasteiger partial charge in [-0.3, -0.25) is 4.79 Å². The molecule has 0 saturated heterocycles. The van der Waals surface area contributed by atoms with Gasteiger partial charge < -0.3 is 30.6 Å². The Labute approximate surface area is 180 Å².